The van der Waals surface area contributed by atoms with Gasteiger partial charge in [0.05, 0.1) is 5.02 Å². The van der Waals surface area contributed by atoms with Crippen LogP contribution in [0.3, 0.4) is 0 Å². The SMILES string of the molecule is Cc1cc(C)c(OCC(=O)NC(=S)Nc2ccc(Cc3nc4ccccc4o3)cc2)c(Cl)c1. The second kappa shape index (κ2) is 10.0. The number of carbonyl (C=O) groups is 1. The molecule has 168 valence electrons. The van der Waals surface area contributed by atoms with Gasteiger partial charge in [0.25, 0.3) is 5.91 Å². The number of nitrogens with one attached hydrogen (secondary N) is 2. The van der Waals surface area contributed by atoms with E-state index in [-0.39, 0.29) is 17.6 Å². The molecule has 0 saturated heterocycles. The minimum Gasteiger partial charge on any atom is -0.482 e. The van der Waals surface area contributed by atoms with Crippen molar-refractivity contribution in [2.24, 2.45) is 0 Å². The molecule has 0 fully saturated rings. The van der Waals surface area contributed by atoms with Crippen LogP contribution in [0.4, 0.5) is 5.69 Å². The molecule has 0 aliphatic rings. The zero-order valence-corrected chi connectivity index (χ0v) is 19.7. The summed E-state index contributed by atoms with van der Waals surface area (Å²) < 4.78 is 11.4. The normalized spacial score (nSPS) is 10.8. The van der Waals surface area contributed by atoms with E-state index < -0.39 is 0 Å². The summed E-state index contributed by atoms with van der Waals surface area (Å²) in [4.78, 5) is 16.7. The number of rotatable bonds is 6. The molecule has 0 unspecified atom stereocenters. The third kappa shape index (κ3) is 5.88. The third-order valence-electron chi connectivity index (χ3n) is 4.88. The first-order valence-electron chi connectivity index (χ1n) is 10.3. The minimum absolute atomic E-state index is 0.182. The molecule has 0 aliphatic heterocycles. The van der Waals surface area contributed by atoms with Gasteiger partial charge >= 0.3 is 0 Å². The molecule has 33 heavy (non-hydrogen) atoms. The average molecular weight is 480 g/mol. The molecule has 1 aromatic heterocycles. The van der Waals surface area contributed by atoms with Gasteiger partial charge in [-0.25, -0.2) is 4.98 Å². The van der Waals surface area contributed by atoms with Gasteiger partial charge in [-0.1, -0.05) is 41.9 Å². The Morgan fingerprint density at radius 2 is 1.88 bits per heavy atom. The van der Waals surface area contributed by atoms with E-state index in [1.54, 1.807) is 6.07 Å². The van der Waals surface area contributed by atoms with E-state index >= 15 is 0 Å². The molecule has 3 aromatic carbocycles. The zero-order valence-electron chi connectivity index (χ0n) is 18.1. The van der Waals surface area contributed by atoms with Crippen LogP contribution in [-0.4, -0.2) is 22.6 Å². The van der Waals surface area contributed by atoms with Gasteiger partial charge in [0, 0.05) is 12.1 Å². The molecule has 0 aliphatic carbocycles. The Bertz CT molecular complexity index is 1260. The Morgan fingerprint density at radius 1 is 1.12 bits per heavy atom. The summed E-state index contributed by atoms with van der Waals surface area (Å²) in [6.07, 6.45) is 0.578. The van der Waals surface area contributed by atoms with Crippen molar-refractivity contribution in [1.82, 2.24) is 10.3 Å². The van der Waals surface area contributed by atoms with E-state index in [1.165, 1.54) is 0 Å². The van der Waals surface area contributed by atoms with Crippen molar-refractivity contribution >= 4 is 51.6 Å². The quantitative estimate of drug-likeness (QED) is 0.351. The fourth-order valence-electron chi connectivity index (χ4n) is 3.42. The van der Waals surface area contributed by atoms with Gasteiger partial charge < -0.3 is 14.5 Å². The molecule has 0 spiro atoms. The van der Waals surface area contributed by atoms with E-state index in [9.17, 15) is 4.79 Å². The minimum atomic E-state index is -0.379. The monoisotopic (exact) mass is 479 g/mol. The van der Waals surface area contributed by atoms with E-state index in [2.05, 4.69) is 15.6 Å². The number of aromatic nitrogens is 1. The lowest BCUT2D eigenvalue weighted by Gasteiger charge is -2.13. The maximum atomic E-state index is 12.2. The number of fused-ring (bicyclic) bond motifs is 1. The first kappa shape index (κ1) is 22.8. The molecule has 0 bridgehead atoms. The van der Waals surface area contributed by atoms with Gasteiger partial charge in [0.15, 0.2) is 23.2 Å². The molecule has 0 atom stereocenters. The van der Waals surface area contributed by atoms with E-state index in [1.807, 2.05) is 68.4 Å². The smallest absolute Gasteiger partial charge is 0.264 e. The number of aryl methyl sites for hydroxylation is 2. The molecule has 6 nitrogen and oxygen atoms in total. The van der Waals surface area contributed by atoms with Crippen molar-refractivity contribution in [3.8, 4) is 5.75 Å². The Labute approximate surface area is 201 Å². The molecule has 8 heteroatoms. The van der Waals surface area contributed by atoms with Crippen molar-refractivity contribution in [3.63, 3.8) is 0 Å². The Hall–Kier alpha value is -3.42. The van der Waals surface area contributed by atoms with Crippen LogP contribution in [0, 0.1) is 13.8 Å². The third-order valence-corrected chi connectivity index (χ3v) is 5.36. The van der Waals surface area contributed by atoms with Crippen LogP contribution in [0.15, 0.2) is 65.1 Å². The topological polar surface area (TPSA) is 76.4 Å². The number of oxazole rings is 1. The molecule has 4 rings (SSSR count). The highest BCUT2D eigenvalue weighted by Gasteiger charge is 2.11. The predicted octanol–water partition coefficient (Wildman–Crippen LogP) is 5.58. The van der Waals surface area contributed by atoms with E-state index in [0.29, 0.717) is 23.1 Å². The van der Waals surface area contributed by atoms with Crippen molar-refractivity contribution in [2.45, 2.75) is 20.3 Å². The number of hydrogen-bond acceptors (Lipinski definition) is 5. The summed E-state index contributed by atoms with van der Waals surface area (Å²) in [6, 6.07) is 19.1. The molecule has 2 N–H and O–H groups in total. The highest BCUT2D eigenvalue weighted by Crippen LogP contribution is 2.29. The summed E-state index contributed by atoms with van der Waals surface area (Å²) in [5, 5.41) is 6.25. The van der Waals surface area contributed by atoms with Crippen molar-refractivity contribution in [1.29, 1.82) is 0 Å². The molecule has 1 heterocycles. The second-order valence-corrected chi connectivity index (χ2v) is 8.45. The highest BCUT2D eigenvalue weighted by atomic mass is 35.5. The molecule has 4 aromatic rings. The van der Waals surface area contributed by atoms with Crippen LogP contribution >= 0.6 is 23.8 Å². The van der Waals surface area contributed by atoms with Gasteiger partial charge in [-0.15, -0.1) is 0 Å². The van der Waals surface area contributed by atoms with Gasteiger partial charge in [-0.05, 0) is 73.1 Å². The van der Waals surface area contributed by atoms with Crippen LogP contribution in [-0.2, 0) is 11.2 Å². The Kier molecular flexibility index (Phi) is 6.91. The number of anilines is 1. The standard InChI is InChI=1S/C25H22ClN3O3S/c1-15-11-16(2)24(19(26)12-15)31-14-22(30)29-25(33)27-18-9-7-17(8-10-18)13-23-28-20-5-3-4-6-21(20)32-23/h3-12H,13-14H2,1-2H3,(H2,27,29,30,33). The summed E-state index contributed by atoms with van der Waals surface area (Å²) in [5.74, 6) is 0.769. The number of hydrogen-bond donors (Lipinski definition) is 2. The zero-order chi connectivity index (χ0) is 23.4. The number of ether oxygens (including phenoxy) is 1. The summed E-state index contributed by atoms with van der Waals surface area (Å²) in [6.45, 7) is 3.63. The average Bonchev–Trinajstić information content (AvgIpc) is 3.16. The number of nitrogens with zero attached hydrogens (tertiary/aromatic N) is 1. The molecular weight excluding hydrogens is 458 g/mol. The summed E-state index contributed by atoms with van der Waals surface area (Å²) >= 11 is 11.4. The van der Waals surface area contributed by atoms with Crippen LogP contribution in [0.1, 0.15) is 22.6 Å². The molecular formula is C25H22ClN3O3S. The van der Waals surface area contributed by atoms with Crippen molar-refractivity contribution in [3.05, 3.63) is 88.3 Å². The molecule has 0 radical (unpaired) electrons. The fourth-order valence-corrected chi connectivity index (χ4v) is 4.03. The summed E-state index contributed by atoms with van der Waals surface area (Å²) in [7, 11) is 0. The van der Waals surface area contributed by atoms with E-state index in [0.717, 1.165) is 33.5 Å². The first-order chi connectivity index (χ1) is 15.9. The second-order valence-electron chi connectivity index (χ2n) is 7.63. The van der Waals surface area contributed by atoms with Crippen molar-refractivity contribution in [2.75, 3.05) is 11.9 Å². The number of thiocarbonyl (C=S) groups is 1. The van der Waals surface area contributed by atoms with Gasteiger partial charge in [0.1, 0.15) is 11.3 Å². The van der Waals surface area contributed by atoms with Crippen molar-refractivity contribution < 1.29 is 13.9 Å². The lowest BCUT2D eigenvalue weighted by molar-refractivity contribution is -0.121. The number of carbonyl (C=O) groups excluding carboxylic acids is 1. The largest absolute Gasteiger partial charge is 0.482 e. The maximum Gasteiger partial charge on any atom is 0.264 e. The first-order valence-corrected chi connectivity index (χ1v) is 11.1. The number of benzene rings is 3. The van der Waals surface area contributed by atoms with Crippen LogP contribution in [0.5, 0.6) is 5.75 Å². The number of para-hydroxylation sites is 2. The lowest BCUT2D eigenvalue weighted by Crippen LogP contribution is -2.37. The summed E-state index contributed by atoms with van der Waals surface area (Å²) in [5.41, 5.74) is 5.30. The van der Waals surface area contributed by atoms with E-state index in [4.69, 9.17) is 33.0 Å². The lowest BCUT2D eigenvalue weighted by atomic mass is 10.1. The molecule has 0 saturated carbocycles. The van der Waals surface area contributed by atoms with Gasteiger partial charge in [-0.3, -0.25) is 10.1 Å². The number of amides is 1. The molecule has 1 amide bonds. The number of halogens is 1. The van der Waals surface area contributed by atoms with Crippen LogP contribution in [0.2, 0.25) is 5.02 Å². The van der Waals surface area contributed by atoms with Crippen LogP contribution < -0.4 is 15.4 Å². The highest BCUT2D eigenvalue weighted by molar-refractivity contribution is 7.80. The Balaban J connectivity index is 1.28. The predicted molar refractivity (Wildman–Crippen MR) is 134 cm³/mol. The van der Waals surface area contributed by atoms with Crippen LogP contribution in [0.25, 0.3) is 11.1 Å². The van der Waals surface area contributed by atoms with Gasteiger partial charge in [0.2, 0.25) is 0 Å². The van der Waals surface area contributed by atoms with Gasteiger partial charge in [-0.2, -0.15) is 0 Å². The maximum absolute atomic E-state index is 12.2. The fraction of sp³-hybridized carbons (Fsp3) is 0.160. The Morgan fingerprint density at radius 3 is 2.61 bits per heavy atom.